The van der Waals surface area contributed by atoms with Crippen LogP contribution in [0.5, 0.6) is 0 Å². The first-order valence-corrected chi connectivity index (χ1v) is 8.67. The number of likely N-dealkylation sites (tertiary alicyclic amines) is 1. The molecule has 0 aromatic heterocycles. The Hall–Kier alpha value is -2.04. The Kier molecular flexibility index (Phi) is 6.23. The van der Waals surface area contributed by atoms with Gasteiger partial charge in [-0.15, -0.1) is 0 Å². The zero-order valence-corrected chi connectivity index (χ0v) is 14.6. The average Bonchev–Trinajstić information content (AvgIpc) is 3.04. The number of urea groups is 1. The smallest absolute Gasteiger partial charge is 0.317 e. The summed E-state index contributed by atoms with van der Waals surface area (Å²) in [5.41, 5.74) is 1.37. The minimum atomic E-state index is -0.813. The number of nitrogens with zero attached hydrogens (tertiary/aromatic N) is 1. The van der Waals surface area contributed by atoms with Crippen LogP contribution in [-0.4, -0.2) is 41.6 Å². The molecule has 0 aliphatic carbocycles. The number of nitrogens with one attached hydrogen (secondary N) is 1. The van der Waals surface area contributed by atoms with Crippen LogP contribution in [0, 0.1) is 11.3 Å². The molecule has 2 N–H and O–H groups in total. The Morgan fingerprint density at radius 2 is 2.00 bits per heavy atom. The maximum absolute atomic E-state index is 12.2. The molecule has 1 unspecified atom stereocenters. The van der Waals surface area contributed by atoms with E-state index in [1.165, 1.54) is 5.56 Å². The van der Waals surface area contributed by atoms with Crippen LogP contribution < -0.4 is 5.32 Å². The van der Waals surface area contributed by atoms with E-state index in [1.807, 2.05) is 6.07 Å². The van der Waals surface area contributed by atoms with Crippen LogP contribution in [0.4, 0.5) is 4.79 Å². The minimum Gasteiger partial charge on any atom is -0.481 e. The van der Waals surface area contributed by atoms with Crippen molar-refractivity contribution in [2.45, 2.75) is 39.5 Å². The highest BCUT2D eigenvalue weighted by molar-refractivity contribution is 5.77. The molecule has 2 amide bonds. The van der Waals surface area contributed by atoms with Crippen molar-refractivity contribution in [3.63, 3.8) is 0 Å². The largest absolute Gasteiger partial charge is 0.481 e. The second kappa shape index (κ2) is 8.18. The standard InChI is InChI=1S/C19H28N2O3/c1-19(2,11-6-9-15-7-4-3-5-8-15)14-20-18(24)21-12-10-16(13-21)17(22)23/h3-5,7-8,16H,6,9-14H2,1-2H3,(H,20,24)(H,22,23). The molecule has 0 spiro atoms. The van der Waals surface area contributed by atoms with Crippen LogP contribution in [0.2, 0.25) is 0 Å². The molecule has 0 saturated carbocycles. The third-order valence-electron chi connectivity index (χ3n) is 4.70. The minimum absolute atomic E-state index is 0.0242. The summed E-state index contributed by atoms with van der Waals surface area (Å²) < 4.78 is 0. The summed E-state index contributed by atoms with van der Waals surface area (Å²) in [6, 6.07) is 10.3. The molecule has 1 aliphatic rings. The van der Waals surface area contributed by atoms with Gasteiger partial charge >= 0.3 is 12.0 Å². The zero-order valence-electron chi connectivity index (χ0n) is 14.6. The Balaban J connectivity index is 1.70. The lowest BCUT2D eigenvalue weighted by Crippen LogP contribution is -2.42. The Bertz CT molecular complexity index is 557. The third-order valence-corrected chi connectivity index (χ3v) is 4.70. The van der Waals surface area contributed by atoms with Gasteiger partial charge in [-0.05, 0) is 36.7 Å². The summed E-state index contributed by atoms with van der Waals surface area (Å²) in [4.78, 5) is 24.8. The number of aliphatic carboxylic acids is 1. The van der Waals surface area contributed by atoms with Gasteiger partial charge in [0.25, 0.3) is 0 Å². The molecule has 5 heteroatoms. The van der Waals surface area contributed by atoms with E-state index >= 15 is 0 Å². The van der Waals surface area contributed by atoms with Crippen molar-refractivity contribution in [3.8, 4) is 0 Å². The fourth-order valence-electron chi connectivity index (χ4n) is 3.08. The second-order valence-electron chi connectivity index (χ2n) is 7.43. The quantitative estimate of drug-likeness (QED) is 0.806. The van der Waals surface area contributed by atoms with Gasteiger partial charge in [0.05, 0.1) is 5.92 Å². The highest BCUT2D eigenvalue weighted by Gasteiger charge is 2.31. The summed E-state index contributed by atoms with van der Waals surface area (Å²) in [5.74, 6) is -1.24. The molecule has 1 atom stereocenters. The Labute approximate surface area is 144 Å². The van der Waals surface area contributed by atoms with Gasteiger partial charge in [0, 0.05) is 19.6 Å². The van der Waals surface area contributed by atoms with E-state index in [2.05, 4.69) is 43.4 Å². The number of carbonyl (C=O) groups is 2. The van der Waals surface area contributed by atoms with Crippen molar-refractivity contribution < 1.29 is 14.7 Å². The first kappa shape index (κ1) is 18.3. The zero-order chi connectivity index (χ0) is 17.6. The second-order valence-corrected chi connectivity index (χ2v) is 7.43. The number of benzene rings is 1. The fraction of sp³-hybridized carbons (Fsp3) is 0.579. The van der Waals surface area contributed by atoms with Crippen molar-refractivity contribution >= 4 is 12.0 Å². The molecule has 1 heterocycles. The van der Waals surface area contributed by atoms with E-state index in [1.54, 1.807) is 4.90 Å². The number of rotatable bonds is 7. The van der Waals surface area contributed by atoms with Crippen molar-refractivity contribution in [2.75, 3.05) is 19.6 Å². The molecule has 0 bridgehead atoms. The van der Waals surface area contributed by atoms with Gasteiger partial charge in [0.1, 0.15) is 0 Å². The van der Waals surface area contributed by atoms with E-state index in [0.717, 1.165) is 19.3 Å². The topological polar surface area (TPSA) is 69.6 Å². The predicted molar refractivity (Wildman–Crippen MR) is 93.9 cm³/mol. The van der Waals surface area contributed by atoms with E-state index < -0.39 is 11.9 Å². The van der Waals surface area contributed by atoms with E-state index in [9.17, 15) is 9.59 Å². The number of aryl methyl sites for hydroxylation is 1. The Morgan fingerprint density at radius 3 is 2.62 bits per heavy atom. The molecule has 1 saturated heterocycles. The third kappa shape index (κ3) is 5.55. The highest BCUT2D eigenvalue weighted by atomic mass is 16.4. The van der Waals surface area contributed by atoms with Gasteiger partial charge in [0.2, 0.25) is 0 Å². The molecule has 132 valence electrons. The molecule has 5 nitrogen and oxygen atoms in total. The Morgan fingerprint density at radius 1 is 1.29 bits per heavy atom. The summed E-state index contributed by atoms with van der Waals surface area (Å²) >= 11 is 0. The highest BCUT2D eigenvalue weighted by Crippen LogP contribution is 2.23. The fourth-order valence-corrected chi connectivity index (χ4v) is 3.08. The van der Waals surface area contributed by atoms with Crippen LogP contribution in [-0.2, 0) is 11.2 Å². The first-order chi connectivity index (χ1) is 11.4. The van der Waals surface area contributed by atoms with Crippen molar-refractivity contribution in [3.05, 3.63) is 35.9 Å². The number of carboxylic acid groups (broad SMARTS) is 1. The van der Waals surface area contributed by atoms with Gasteiger partial charge in [-0.3, -0.25) is 4.79 Å². The number of hydrogen-bond acceptors (Lipinski definition) is 2. The SMILES string of the molecule is CC(C)(CCCc1ccccc1)CNC(=O)N1CCC(C(=O)O)C1. The maximum atomic E-state index is 12.2. The van der Waals surface area contributed by atoms with Gasteiger partial charge in [-0.2, -0.15) is 0 Å². The summed E-state index contributed by atoms with van der Waals surface area (Å²) in [6.07, 6.45) is 3.70. The molecule has 1 aliphatic heterocycles. The molecular weight excluding hydrogens is 304 g/mol. The summed E-state index contributed by atoms with van der Waals surface area (Å²) in [5, 5.41) is 12.0. The lowest BCUT2D eigenvalue weighted by Gasteiger charge is -2.27. The van der Waals surface area contributed by atoms with E-state index in [-0.39, 0.29) is 11.4 Å². The van der Waals surface area contributed by atoms with Crippen LogP contribution in [0.25, 0.3) is 0 Å². The van der Waals surface area contributed by atoms with Gasteiger partial charge in [0.15, 0.2) is 0 Å². The van der Waals surface area contributed by atoms with Crippen LogP contribution in [0.3, 0.4) is 0 Å². The van der Waals surface area contributed by atoms with Crippen molar-refractivity contribution in [1.82, 2.24) is 10.2 Å². The van der Waals surface area contributed by atoms with Gasteiger partial charge in [-0.25, -0.2) is 4.79 Å². The number of amides is 2. The molecule has 24 heavy (non-hydrogen) atoms. The molecule has 2 rings (SSSR count). The molecule has 1 aromatic carbocycles. The summed E-state index contributed by atoms with van der Waals surface area (Å²) in [7, 11) is 0. The average molecular weight is 332 g/mol. The van der Waals surface area contributed by atoms with Crippen LogP contribution in [0.15, 0.2) is 30.3 Å². The molecule has 0 radical (unpaired) electrons. The van der Waals surface area contributed by atoms with Crippen molar-refractivity contribution in [2.24, 2.45) is 11.3 Å². The lowest BCUT2D eigenvalue weighted by atomic mass is 9.86. The maximum Gasteiger partial charge on any atom is 0.317 e. The predicted octanol–water partition coefficient (Wildman–Crippen LogP) is 3.15. The van der Waals surface area contributed by atoms with Gasteiger partial charge in [-0.1, -0.05) is 44.2 Å². The molecule has 1 fully saturated rings. The first-order valence-electron chi connectivity index (χ1n) is 8.67. The number of carbonyl (C=O) groups excluding carboxylic acids is 1. The van der Waals surface area contributed by atoms with Gasteiger partial charge < -0.3 is 15.3 Å². The summed E-state index contributed by atoms with van der Waals surface area (Å²) in [6.45, 7) is 5.76. The number of carboxylic acids is 1. The molecule has 1 aromatic rings. The number of hydrogen-bond donors (Lipinski definition) is 2. The van der Waals surface area contributed by atoms with Crippen LogP contribution >= 0.6 is 0 Å². The van der Waals surface area contributed by atoms with E-state index in [4.69, 9.17) is 5.11 Å². The van der Waals surface area contributed by atoms with Crippen LogP contribution in [0.1, 0.15) is 38.7 Å². The normalized spacial score (nSPS) is 17.8. The lowest BCUT2D eigenvalue weighted by molar-refractivity contribution is -0.141. The molecular formula is C19H28N2O3. The van der Waals surface area contributed by atoms with E-state index in [0.29, 0.717) is 26.1 Å². The van der Waals surface area contributed by atoms with Crippen molar-refractivity contribution in [1.29, 1.82) is 0 Å². The monoisotopic (exact) mass is 332 g/mol.